The summed E-state index contributed by atoms with van der Waals surface area (Å²) >= 11 is 0. The summed E-state index contributed by atoms with van der Waals surface area (Å²) in [6.07, 6.45) is -0.526. The van der Waals surface area contributed by atoms with Crippen LogP contribution in [0.5, 0.6) is 0 Å². The molecule has 2 rings (SSSR count). The molecule has 1 aliphatic heterocycles. The summed E-state index contributed by atoms with van der Waals surface area (Å²) in [5.74, 6) is 0.503. The largest absolute Gasteiger partial charge is 0.453 e. The Hall–Kier alpha value is -2.08. The summed E-state index contributed by atoms with van der Waals surface area (Å²) in [6, 6.07) is 7.60. The molecular weight excluding hydrogens is 246 g/mol. The SMILES string of the molecule is COC(=O)NC1=NC(c2ccc(CO)cc2)CN1C. The zero-order valence-corrected chi connectivity index (χ0v) is 11.0. The summed E-state index contributed by atoms with van der Waals surface area (Å²) in [7, 11) is 3.17. The Morgan fingerprint density at radius 2 is 2.21 bits per heavy atom. The first-order valence-electron chi connectivity index (χ1n) is 5.97. The molecule has 102 valence electrons. The van der Waals surface area contributed by atoms with Gasteiger partial charge in [0.2, 0.25) is 5.96 Å². The number of likely N-dealkylation sites (N-methyl/N-ethyl adjacent to an activating group) is 1. The van der Waals surface area contributed by atoms with Gasteiger partial charge in [-0.2, -0.15) is 0 Å². The number of amides is 1. The van der Waals surface area contributed by atoms with Crippen molar-refractivity contribution in [1.29, 1.82) is 0 Å². The van der Waals surface area contributed by atoms with Gasteiger partial charge in [-0.15, -0.1) is 0 Å². The molecule has 0 saturated carbocycles. The van der Waals surface area contributed by atoms with E-state index < -0.39 is 6.09 Å². The second-order valence-corrected chi connectivity index (χ2v) is 4.37. The van der Waals surface area contributed by atoms with E-state index in [0.717, 1.165) is 11.1 Å². The molecule has 0 bridgehead atoms. The topological polar surface area (TPSA) is 74.2 Å². The number of rotatable bonds is 2. The molecular formula is C13H17N3O3. The fourth-order valence-electron chi connectivity index (χ4n) is 1.93. The van der Waals surface area contributed by atoms with Crippen LogP contribution in [0.3, 0.4) is 0 Å². The Morgan fingerprint density at radius 1 is 1.53 bits per heavy atom. The molecule has 0 aromatic heterocycles. The summed E-state index contributed by atoms with van der Waals surface area (Å²) < 4.78 is 4.55. The first-order valence-corrected chi connectivity index (χ1v) is 5.97. The summed E-state index contributed by atoms with van der Waals surface area (Å²) in [5.41, 5.74) is 1.91. The number of aliphatic hydroxyl groups is 1. The molecule has 1 atom stereocenters. The molecule has 1 aromatic rings. The molecule has 6 heteroatoms. The van der Waals surface area contributed by atoms with E-state index in [1.165, 1.54) is 7.11 Å². The van der Waals surface area contributed by atoms with Gasteiger partial charge in [-0.3, -0.25) is 5.32 Å². The summed E-state index contributed by atoms with van der Waals surface area (Å²) in [4.78, 5) is 17.5. The van der Waals surface area contributed by atoms with Gasteiger partial charge in [0, 0.05) is 13.6 Å². The van der Waals surface area contributed by atoms with Gasteiger partial charge < -0.3 is 14.7 Å². The van der Waals surface area contributed by atoms with Crippen LogP contribution in [-0.4, -0.2) is 42.8 Å². The Kier molecular flexibility index (Phi) is 4.01. The minimum atomic E-state index is -0.526. The number of carbonyl (C=O) groups is 1. The van der Waals surface area contributed by atoms with Gasteiger partial charge in [0.1, 0.15) is 0 Å². The highest BCUT2D eigenvalue weighted by atomic mass is 16.5. The summed E-state index contributed by atoms with van der Waals surface area (Å²) in [5, 5.41) is 11.6. The third kappa shape index (κ3) is 3.03. The average Bonchev–Trinajstić information content (AvgIpc) is 2.80. The fraction of sp³-hybridized carbons (Fsp3) is 0.385. The molecule has 0 fully saturated rings. The molecule has 1 heterocycles. The van der Waals surface area contributed by atoms with Crippen LogP contribution in [0.2, 0.25) is 0 Å². The van der Waals surface area contributed by atoms with Crippen molar-refractivity contribution in [2.75, 3.05) is 20.7 Å². The molecule has 2 N–H and O–H groups in total. The standard InChI is InChI=1S/C13H17N3O3/c1-16-7-11(14-12(16)15-13(18)19-2)10-5-3-9(8-17)4-6-10/h3-6,11,17H,7-8H2,1-2H3,(H,14,15,18). The Balaban J connectivity index is 2.11. The molecule has 6 nitrogen and oxygen atoms in total. The highest BCUT2D eigenvalue weighted by Gasteiger charge is 2.24. The number of ether oxygens (including phenoxy) is 1. The van der Waals surface area contributed by atoms with E-state index >= 15 is 0 Å². The van der Waals surface area contributed by atoms with Crippen LogP contribution >= 0.6 is 0 Å². The first kappa shape index (κ1) is 13.4. The molecule has 19 heavy (non-hydrogen) atoms. The lowest BCUT2D eigenvalue weighted by Crippen LogP contribution is -2.39. The molecule has 1 aliphatic rings. The zero-order valence-electron chi connectivity index (χ0n) is 11.0. The number of hydrogen-bond donors (Lipinski definition) is 2. The Morgan fingerprint density at radius 3 is 2.79 bits per heavy atom. The van der Waals surface area contributed by atoms with Crippen molar-refractivity contribution in [3.05, 3.63) is 35.4 Å². The molecule has 0 aliphatic carbocycles. The van der Waals surface area contributed by atoms with E-state index in [9.17, 15) is 4.79 Å². The monoisotopic (exact) mass is 263 g/mol. The molecule has 1 unspecified atom stereocenters. The third-order valence-electron chi connectivity index (χ3n) is 3.03. The van der Waals surface area contributed by atoms with Crippen molar-refractivity contribution in [2.45, 2.75) is 12.6 Å². The molecule has 0 radical (unpaired) electrons. The van der Waals surface area contributed by atoms with E-state index in [4.69, 9.17) is 5.11 Å². The van der Waals surface area contributed by atoms with Crippen LogP contribution in [0, 0.1) is 0 Å². The van der Waals surface area contributed by atoms with Gasteiger partial charge in [0.15, 0.2) is 0 Å². The number of benzene rings is 1. The van der Waals surface area contributed by atoms with Crippen molar-refractivity contribution in [2.24, 2.45) is 4.99 Å². The summed E-state index contributed by atoms with van der Waals surface area (Å²) in [6.45, 7) is 0.723. The van der Waals surface area contributed by atoms with Crippen LogP contribution < -0.4 is 5.32 Å². The maximum absolute atomic E-state index is 11.2. The third-order valence-corrected chi connectivity index (χ3v) is 3.03. The predicted molar refractivity (Wildman–Crippen MR) is 70.7 cm³/mol. The number of methoxy groups -OCH3 is 1. The lowest BCUT2D eigenvalue weighted by atomic mass is 10.1. The van der Waals surface area contributed by atoms with Crippen LogP contribution in [0.4, 0.5) is 4.79 Å². The van der Waals surface area contributed by atoms with Crippen molar-refractivity contribution in [3.63, 3.8) is 0 Å². The van der Waals surface area contributed by atoms with Crippen molar-refractivity contribution >= 4 is 12.1 Å². The Bertz CT molecular complexity index is 484. The zero-order chi connectivity index (χ0) is 13.8. The number of nitrogens with one attached hydrogen (secondary N) is 1. The van der Waals surface area contributed by atoms with Crippen LogP contribution in [0.25, 0.3) is 0 Å². The minimum Gasteiger partial charge on any atom is -0.453 e. The molecule has 1 amide bonds. The number of carbonyl (C=O) groups excluding carboxylic acids is 1. The quantitative estimate of drug-likeness (QED) is 0.830. The lowest BCUT2D eigenvalue weighted by molar-refractivity contribution is 0.176. The van der Waals surface area contributed by atoms with Gasteiger partial charge in [0.05, 0.1) is 19.8 Å². The van der Waals surface area contributed by atoms with E-state index in [1.807, 2.05) is 36.2 Å². The number of aliphatic imine (C=N–C) groups is 1. The van der Waals surface area contributed by atoms with Crippen molar-refractivity contribution in [3.8, 4) is 0 Å². The van der Waals surface area contributed by atoms with Gasteiger partial charge >= 0.3 is 6.09 Å². The number of guanidine groups is 1. The van der Waals surface area contributed by atoms with Crippen LogP contribution in [-0.2, 0) is 11.3 Å². The van der Waals surface area contributed by atoms with E-state index in [1.54, 1.807) is 0 Å². The maximum Gasteiger partial charge on any atom is 0.413 e. The van der Waals surface area contributed by atoms with Crippen molar-refractivity contribution in [1.82, 2.24) is 10.2 Å². The minimum absolute atomic E-state index is 0.0232. The molecule has 1 aromatic carbocycles. The predicted octanol–water partition coefficient (Wildman–Crippen LogP) is 0.877. The lowest BCUT2D eigenvalue weighted by Gasteiger charge is -2.14. The van der Waals surface area contributed by atoms with E-state index in [2.05, 4.69) is 15.0 Å². The van der Waals surface area contributed by atoms with Gasteiger partial charge in [-0.1, -0.05) is 24.3 Å². The molecule has 0 spiro atoms. The first-order chi connectivity index (χ1) is 9.13. The fourth-order valence-corrected chi connectivity index (χ4v) is 1.93. The average molecular weight is 263 g/mol. The van der Waals surface area contributed by atoms with Crippen molar-refractivity contribution < 1.29 is 14.6 Å². The number of alkyl carbamates (subject to hydrolysis) is 1. The van der Waals surface area contributed by atoms with Gasteiger partial charge in [-0.25, -0.2) is 9.79 Å². The van der Waals surface area contributed by atoms with E-state index in [0.29, 0.717) is 12.5 Å². The van der Waals surface area contributed by atoms with Crippen LogP contribution in [0.15, 0.2) is 29.3 Å². The maximum atomic E-state index is 11.2. The number of aliphatic hydroxyl groups excluding tert-OH is 1. The second kappa shape index (κ2) is 5.71. The van der Waals surface area contributed by atoms with E-state index in [-0.39, 0.29) is 12.6 Å². The van der Waals surface area contributed by atoms with Crippen LogP contribution in [0.1, 0.15) is 17.2 Å². The highest BCUT2D eigenvalue weighted by Crippen LogP contribution is 2.23. The van der Waals surface area contributed by atoms with Gasteiger partial charge in [-0.05, 0) is 11.1 Å². The second-order valence-electron chi connectivity index (χ2n) is 4.37. The number of hydrogen-bond acceptors (Lipinski definition) is 5. The highest BCUT2D eigenvalue weighted by molar-refractivity contribution is 5.94. The number of nitrogens with zero attached hydrogens (tertiary/aromatic N) is 2. The Labute approximate surface area is 111 Å². The van der Waals surface area contributed by atoms with Gasteiger partial charge in [0.25, 0.3) is 0 Å². The smallest absolute Gasteiger partial charge is 0.413 e. The normalized spacial score (nSPS) is 18.2. The molecule has 0 saturated heterocycles.